The highest BCUT2D eigenvalue weighted by Gasteiger charge is 2.12. The van der Waals surface area contributed by atoms with Crippen molar-refractivity contribution in [3.8, 4) is 0 Å². The third-order valence-corrected chi connectivity index (χ3v) is 4.26. The van der Waals surface area contributed by atoms with Crippen molar-refractivity contribution in [3.05, 3.63) is 89.5 Å². The average molecular weight is 388 g/mol. The van der Waals surface area contributed by atoms with Gasteiger partial charge in [-0.3, -0.25) is 14.4 Å². The zero-order chi connectivity index (χ0) is 20.8. The van der Waals surface area contributed by atoms with Crippen molar-refractivity contribution in [1.82, 2.24) is 5.32 Å². The van der Waals surface area contributed by atoms with Crippen LogP contribution in [0.3, 0.4) is 0 Å². The van der Waals surface area contributed by atoms with Gasteiger partial charge in [0, 0.05) is 22.4 Å². The highest BCUT2D eigenvalue weighted by Crippen LogP contribution is 2.18. The van der Waals surface area contributed by atoms with Crippen LogP contribution in [-0.2, 0) is 0 Å². The molecule has 0 saturated carbocycles. The Morgan fingerprint density at radius 3 is 1.90 bits per heavy atom. The quantitative estimate of drug-likeness (QED) is 0.381. The minimum Gasteiger partial charge on any atom is -0.399 e. The van der Waals surface area contributed by atoms with Crippen molar-refractivity contribution < 1.29 is 14.4 Å². The summed E-state index contributed by atoms with van der Waals surface area (Å²) in [6, 6.07) is 19.5. The molecule has 0 aliphatic carbocycles. The van der Waals surface area contributed by atoms with E-state index in [0.29, 0.717) is 33.8 Å². The maximum absolute atomic E-state index is 12.3. The molecule has 0 aromatic heterocycles. The Balaban J connectivity index is 1.58. The molecule has 2 amide bonds. The van der Waals surface area contributed by atoms with E-state index < -0.39 is 0 Å². The molecule has 0 unspecified atom stereocenters. The Labute approximate surface area is 167 Å². The smallest absolute Gasteiger partial charge is 0.255 e. The van der Waals surface area contributed by atoms with E-state index in [1.54, 1.807) is 72.8 Å². The summed E-state index contributed by atoms with van der Waals surface area (Å²) in [6.07, 6.45) is 0. The maximum atomic E-state index is 12.3. The van der Waals surface area contributed by atoms with Gasteiger partial charge in [-0.05, 0) is 48.5 Å². The first-order valence-electron chi connectivity index (χ1n) is 8.87. The molecular weight excluding hydrogens is 368 g/mol. The second-order valence-electron chi connectivity index (χ2n) is 6.35. The Kier molecular flexibility index (Phi) is 5.89. The van der Waals surface area contributed by atoms with Crippen LogP contribution in [-0.4, -0.2) is 24.1 Å². The first-order chi connectivity index (χ1) is 13.9. The number of rotatable bonds is 6. The van der Waals surface area contributed by atoms with Crippen LogP contribution in [0, 0.1) is 0 Å². The van der Waals surface area contributed by atoms with Gasteiger partial charge in [-0.25, -0.2) is 0 Å². The summed E-state index contributed by atoms with van der Waals surface area (Å²) >= 11 is 0. The van der Waals surface area contributed by atoms with Crippen LogP contribution in [0.5, 0.6) is 0 Å². The number of nitrogens with two attached hydrogens (primary N) is 2. The van der Waals surface area contributed by atoms with Gasteiger partial charge in [0.05, 0.1) is 17.9 Å². The molecule has 3 rings (SSSR count). The van der Waals surface area contributed by atoms with Crippen molar-refractivity contribution in [1.29, 1.82) is 0 Å². The molecule has 7 heteroatoms. The van der Waals surface area contributed by atoms with Gasteiger partial charge in [0.25, 0.3) is 11.8 Å². The normalized spacial score (nSPS) is 10.2. The second kappa shape index (κ2) is 8.71. The Morgan fingerprint density at radius 1 is 0.690 bits per heavy atom. The van der Waals surface area contributed by atoms with Gasteiger partial charge in [-0.15, -0.1) is 0 Å². The predicted octanol–water partition coefficient (Wildman–Crippen LogP) is 2.72. The van der Waals surface area contributed by atoms with Gasteiger partial charge in [0.2, 0.25) is 0 Å². The largest absolute Gasteiger partial charge is 0.399 e. The lowest BCUT2D eigenvalue weighted by Gasteiger charge is -2.09. The molecule has 7 nitrogen and oxygen atoms in total. The van der Waals surface area contributed by atoms with Gasteiger partial charge in [0.15, 0.2) is 5.78 Å². The van der Waals surface area contributed by atoms with Crippen molar-refractivity contribution in [3.63, 3.8) is 0 Å². The van der Waals surface area contributed by atoms with Crippen molar-refractivity contribution in [2.45, 2.75) is 0 Å². The van der Waals surface area contributed by atoms with E-state index >= 15 is 0 Å². The average Bonchev–Trinajstić information content (AvgIpc) is 2.74. The molecule has 0 atom stereocenters. The number of hydrogen-bond donors (Lipinski definition) is 4. The van der Waals surface area contributed by atoms with Gasteiger partial charge in [0.1, 0.15) is 0 Å². The highest BCUT2D eigenvalue weighted by atomic mass is 16.2. The monoisotopic (exact) mass is 388 g/mol. The van der Waals surface area contributed by atoms with E-state index in [0.717, 1.165) is 0 Å². The number of nitrogens with one attached hydrogen (secondary N) is 2. The topological polar surface area (TPSA) is 127 Å². The molecule has 146 valence electrons. The maximum Gasteiger partial charge on any atom is 0.255 e. The standard InChI is InChI=1S/C22H20N4O3/c23-17-11-9-15(10-12-17)21(28)25-13-20(27)14-5-7-16(8-6-14)22(29)26-19-4-2-1-3-18(19)24/h1-12H,13,23-24H2,(H,25,28)(H,26,29). The number of ketones is 1. The zero-order valence-corrected chi connectivity index (χ0v) is 15.5. The molecule has 0 aliphatic heterocycles. The minimum atomic E-state index is -0.366. The fourth-order valence-electron chi connectivity index (χ4n) is 2.61. The summed E-state index contributed by atoms with van der Waals surface area (Å²) < 4.78 is 0. The predicted molar refractivity (Wildman–Crippen MR) is 113 cm³/mol. The van der Waals surface area contributed by atoms with E-state index in [-0.39, 0.29) is 24.1 Å². The van der Waals surface area contributed by atoms with Crippen LogP contribution in [0.15, 0.2) is 72.8 Å². The minimum absolute atomic E-state index is 0.157. The van der Waals surface area contributed by atoms with Crippen LogP contribution in [0.4, 0.5) is 17.1 Å². The molecule has 0 heterocycles. The van der Waals surface area contributed by atoms with Gasteiger partial charge < -0.3 is 22.1 Å². The number of Topliss-reactive ketones (excluding diaryl/α,β-unsaturated/α-hetero) is 1. The molecule has 29 heavy (non-hydrogen) atoms. The number of anilines is 3. The van der Waals surface area contributed by atoms with E-state index in [1.165, 1.54) is 0 Å². The van der Waals surface area contributed by atoms with Crippen LogP contribution < -0.4 is 22.1 Å². The lowest BCUT2D eigenvalue weighted by molar-refractivity contribution is 0.0904. The molecular formula is C22H20N4O3. The summed E-state index contributed by atoms with van der Waals surface area (Å²) in [4.78, 5) is 36.7. The molecule has 0 saturated heterocycles. The molecule has 3 aromatic rings. The number of nitrogen functional groups attached to an aromatic ring is 2. The summed E-state index contributed by atoms with van der Waals surface area (Å²) in [7, 11) is 0. The number of benzene rings is 3. The molecule has 0 aliphatic rings. The number of para-hydroxylation sites is 2. The van der Waals surface area contributed by atoms with E-state index in [1.807, 2.05) is 0 Å². The fraction of sp³-hybridized carbons (Fsp3) is 0.0455. The third kappa shape index (κ3) is 4.98. The van der Waals surface area contributed by atoms with E-state index in [4.69, 9.17) is 11.5 Å². The van der Waals surface area contributed by atoms with Crippen LogP contribution in [0.2, 0.25) is 0 Å². The molecule has 6 N–H and O–H groups in total. The van der Waals surface area contributed by atoms with Crippen molar-refractivity contribution in [2.24, 2.45) is 0 Å². The lowest BCUT2D eigenvalue weighted by atomic mass is 10.1. The molecule has 3 aromatic carbocycles. The van der Waals surface area contributed by atoms with Crippen molar-refractivity contribution in [2.75, 3.05) is 23.3 Å². The van der Waals surface area contributed by atoms with Crippen LogP contribution in [0.1, 0.15) is 31.1 Å². The highest BCUT2D eigenvalue weighted by molar-refractivity contribution is 6.07. The van der Waals surface area contributed by atoms with Gasteiger partial charge in [-0.1, -0.05) is 24.3 Å². The van der Waals surface area contributed by atoms with E-state index in [9.17, 15) is 14.4 Å². The summed E-state index contributed by atoms with van der Waals surface area (Å²) in [5.41, 5.74) is 14.1. The Morgan fingerprint density at radius 2 is 1.24 bits per heavy atom. The van der Waals surface area contributed by atoms with Crippen LogP contribution in [0.25, 0.3) is 0 Å². The zero-order valence-electron chi connectivity index (χ0n) is 15.5. The second-order valence-corrected chi connectivity index (χ2v) is 6.35. The van der Waals surface area contributed by atoms with Gasteiger partial charge >= 0.3 is 0 Å². The first kappa shape index (κ1) is 19.6. The number of hydrogen-bond acceptors (Lipinski definition) is 5. The molecule has 0 fully saturated rings. The van der Waals surface area contributed by atoms with Crippen LogP contribution >= 0.6 is 0 Å². The van der Waals surface area contributed by atoms with E-state index in [2.05, 4.69) is 10.6 Å². The Hall–Kier alpha value is -4.13. The number of carbonyl (C=O) groups excluding carboxylic acids is 3. The third-order valence-electron chi connectivity index (χ3n) is 4.26. The molecule has 0 bridgehead atoms. The Bertz CT molecular complexity index is 1040. The SMILES string of the molecule is Nc1ccc(C(=O)NCC(=O)c2ccc(C(=O)Nc3ccccc3N)cc2)cc1. The van der Waals surface area contributed by atoms with Gasteiger partial charge in [-0.2, -0.15) is 0 Å². The lowest BCUT2D eigenvalue weighted by Crippen LogP contribution is -2.29. The number of amides is 2. The first-order valence-corrected chi connectivity index (χ1v) is 8.87. The summed E-state index contributed by atoms with van der Waals surface area (Å²) in [6.45, 7) is -0.157. The number of carbonyl (C=O) groups is 3. The fourth-order valence-corrected chi connectivity index (χ4v) is 2.61. The molecule has 0 spiro atoms. The summed E-state index contributed by atoms with van der Waals surface area (Å²) in [5, 5.41) is 5.29. The summed E-state index contributed by atoms with van der Waals surface area (Å²) in [5.74, 6) is -0.971. The molecule has 0 radical (unpaired) electrons. The van der Waals surface area contributed by atoms with Crippen molar-refractivity contribution >= 4 is 34.7 Å².